The molecule has 0 aromatic carbocycles. The molecule has 19 heavy (non-hydrogen) atoms. The van der Waals surface area contributed by atoms with Gasteiger partial charge < -0.3 is 10.2 Å². The maximum absolute atomic E-state index is 12.5. The second-order valence-corrected chi connectivity index (χ2v) is 6.09. The zero-order valence-electron chi connectivity index (χ0n) is 12.3. The molecule has 2 fully saturated rings. The van der Waals surface area contributed by atoms with Crippen LogP contribution in [0.15, 0.2) is 11.6 Å². The molecule has 4 heteroatoms. The maximum Gasteiger partial charge on any atom is 0.246 e. The molecule has 0 aromatic rings. The monoisotopic (exact) mass is 264 g/mol. The van der Waals surface area contributed by atoms with Crippen molar-refractivity contribution in [1.29, 1.82) is 0 Å². The van der Waals surface area contributed by atoms with Crippen LogP contribution in [0.5, 0.6) is 0 Å². The van der Waals surface area contributed by atoms with Gasteiger partial charge in [0.2, 0.25) is 11.8 Å². The molecule has 1 aliphatic heterocycles. The van der Waals surface area contributed by atoms with Gasteiger partial charge in [-0.3, -0.25) is 9.59 Å². The van der Waals surface area contributed by atoms with Crippen LogP contribution in [0, 0.1) is 5.92 Å². The Morgan fingerprint density at radius 3 is 2.53 bits per heavy atom. The van der Waals surface area contributed by atoms with E-state index in [1.165, 1.54) is 5.57 Å². The average Bonchev–Trinajstić information content (AvgIpc) is 3.17. The fourth-order valence-corrected chi connectivity index (χ4v) is 2.79. The van der Waals surface area contributed by atoms with E-state index in [4.69, 9.17) is 0 Å². The lowest BCUT2D eigenvalue weighted by Gasteiger charge is -2.46. The smallest absolute Gasteiger partial charge is 0.246 e. The first-order chi connectivity index (χ1) is 8.91. The summed E-state index contributed by atoms with van der Waals surface area (Å²) in [5.74, 6) is 0.400. The number of carbonyl (C=O) groups excluding carboxylic acids is 2. The third-order valence-corrected chi connectivity index (χ3v) is 4.35. The number of carbonyl (C=O) groups is 2. The lowest BCUT2D eigenvalue weighted by molar-refractivity contribution is -0.157. The van der Waals surface area contributed by atoms with E-state index in [0.29, 0.717) is 18.9 Å². The topological polar surface area (TPSA) is 49.4 Å². The fraction of sp³-hybridized carbons (Fsp3) is 0.733. The van der Waals surface area contributed by atoms with Crippen LogP contribution in [0.3, 0.4) is 0 Å². The van der Waals surface area contributed by atoms with Gasteiger partial charge in [-0.25, -0.2) is 0 Å². The van der Waals surface area contributed by atoms with Crippen molar-refractivity contribution in [3.8, 4) is 0 Å². The minimum Gasteiger partial charge on any atom is -0.342 e. The molecule has 0 aromatic heterocycles. The number of piperazine rings is 1. The van der Waals surface area contributed by atoms with E-state index >= 15 is 0 Å². The third kappa shape index (κ3) is 2.40. The molecule has 1 saturated heterocycles. The van der Waals surface area contributed by atoms with Crippen molar-refractivity contribution < 1.29 is 9.59 Å². The molecule has 106 valence electrons. The summed E-state index contributed by atoms with van der Waals surface area (Å²) in [6.07, 6.45) is 4.76. The Labute approximate surface area is 115 Å². The number of amides is 2. The van der Waals surface area contributed by atoms with Crippen molar-refractivity contribution >= 4 is 11.8 Å². The zero-order valence-corrected chi connectivity index (χ0v) is 12.3. The quantitative estimate of drug-likeness (QED) is 0.788. The number of rotatable bonds is 4. The van der Waals surface area contributed by atoms with E-state index in [9.17, 15) is 9.59 Å². The van der Waals surface area contributed by atoms with E-state index in [1.54, 1.807) is 4.90 Å². The lowest BCUT2D eigenvalue weighted by Crippen LogP contribution is -2.70. The summed E-state index contributed by atoms with van der Waals surface area (Å²) < 4.78 is 0. The lowest BCUT2D eigenvalue weighted by atomic mass is 9.87. The molecule has 2 unspecified atom stereocenters. The summed E-state index contributed by atoms with van der Waals surface area (Å²) in [7, 11) is 0. The van der Waals surface area contributed by atoms with Crippen molar-refractivity contribution in [2.75, 3.05) is 6.54 Å². The van der Waals surface area contributed by atoms with Crippen molar-refractivity contribution in [3.05, 3.63) is 11.6 Å². The van der Waals surface area contributed by atoms with Crippen LogP contribution in [0.2, 0.25) is 0 Å². The Morgan fingerprint density at radius 1 is 1.42 bits per heavy atom. The molecule has 1 aliphatic carbocycles. The van der Waals surface area contributed by atoms with E-state index < -0.39 is 5.54 Å². The minimum atomic E-state index is -0.658. The summed E-state index contributed by atoms with van der Waals surface area (Å²) in [6.45, 7) is 8.42. The Kier molecular flexibility index (Phi) is 3.70. The van der Waals surface area contributed by atoms with Gasteiger partial charge in [-0.15, -0.1) is 0 Å². The first kappa shape index (κ1) is 14.1. The highest BCUT2D eigenvalue weighted by Crippen LogP contribution is 2.44. The minimum absolute atomic E-state index is 0.0172. The highest BCUT2D eigenvalue weighted by atomic mass is 16.2. The van der Waals surface area contributed by atoms with Crippen molar-refractivity contribution in [2.24, 2.45) is 5.92 Å². The highest BCUT2D eigenvalue weighted by molar-refractivity contribution is 6.00. The fourth-order valence-electron chi connectivity index (χ4n) is 2.79. The van der Waals surface area contributed by atoms with Gasteiger partial charge in [0.05, 0.1) is 0 Å². The summed E-state index contributed by atoms with van der Waals surface area (Å²) in [4.78, 5) is 26.8. The van der Waals surface area contributed by atoms with Crippen LogP contribution in [0.1, 0.15) is 47.0 Å². The predicted molar refractivity (Wildman–Crippen MR) is 74.5 cm³/mol. The molecule has 2 rings (SSSR count). The van der Waals surface area contributed by atoms with E-state index in [-0.39, 0.29) is 17.9 Å². The van der Waals surface area contributed by atoms with E-state index in [1.807, 2.05) is 33.8 Å². The molecule has 2 atom stereocenters. The Hall–Kier alpha value is -1.32. The first-order valence-corrected chi connectivity index (χ1v) is 7.17. The molecular formula is C15H24N2O2. The standard InChI is InChI=1S/C15H24N2O2/c1-5-12-13(18)17(9-8-10(2)3)15(4,11-6-7-11)14(19)16-12/h8,11-12H,5-7,9H2,1-4H3,(H,16,19). The van der Waals surface area contributed by atoms with Gasteiger partial charge in [-0.1, -0.05) is 18.6 Å². The maximum atomic E-state index is 12.5. The number of nitrogens with zero attached hydrogens (tertiary/aromatic N) is 1. The molecule has 0 spiro atoms. The number of hydrogen-bond acceptors (Lipinski definition) is 2. The Morgan fingerprint density at radius 2 is 2.05 bits per heavy atom. The zero-order chi connectivity index (χ0) is 14.2. The number of allylic oxidation sites excluding steroid dienone is 1. The van der Waals surface area contributed by atoms with E-state index in [0.717, 1.165) is 12.8 Å². The summed E-state index contributed by atoms with van der Waals surface area (Å²) in [5.41, 5.74) is 0.513. The molecule has 2 amide bonds. The third-order valence-electron chi connectivity index (χ3n) is 4.35. The van der Waals surface area contributed by atoms with Crippen molar-refractivity contribution in [2.45, 2.75) is 58.5 Å². The van der Waals surface area contributed by atoms with Gasteiger partial charge in [0.25, 0.3) is 0 Å². The van der Waals surface area contributed by atoms with Crippen LogP contribution in [-0.4, -0.2) is 34.8 Å². The molecule has 0 bridgehead atoms. The van der Waals surface area contributed by atoms with Gasteiger partial charge in [-0.2, -0.15) is 0 Å². The molecule has 1 N–H and O–H groups in total. The number of hydrogen-bond donors (Lipinski definition) is 1. The van der Waals surface area contributed by atoms with Crippen LogP contribution in [-0.2, 0) is 9.59 Å². The van der Waals surface area contributed by atoms with Gasteiger partial charge in [0, 0.05) is 6.54 Å². The largest absolute Gasteiger partial charge is 0.342 e. The van der Waals surface area contributed by atoms with E-state index in [2.05, 4.69) is 5.32 Å². The summed E-state index contributed by atoms with van der Waals surface area (Å²) in [6, 6.07) is -0.357. The second-order valence-electron chi connectivity index (χ2n) is 6.09. The SMILES string of the molecule is CCC1NC(=O)C(C)(C2CC2)N(CC=C(C)C)C1=O. The van der Waals surface area contributed by atoms with Crippen molar-refractivity contribution in [1.82, 2.24) is 10.2 Å². The second kappa shape index (κ2) is 4.99. The van der Waals surface area contributed by atoms with Crippen LogP contribution in [0.4, 0.5) is 0 Å². The van der Waals surface area contributed by atoms with Crippen LogP contribution in [0.25, 0.3) is 0 Å². The Balaban J connectivity index is 2.30. The van der Waals surface area contributed by atoms with Crippen LogP contribution < -0.4 is 5.32 Å². The predicted octanol–water partition coefficient (Wildman–Crippen LogP) is 1.86. The normalized spacial score (nSPS) is 31.2. The van der Waals surface area contributed by atoms with Gasteiger partial charge in [-0.05, 0) is 46.0 Å². The molecule has 4 nitrogen and oxygen atoms in total. The first-order valence-electron chi connectivity index (χ1n) is 7.17. The summed E-state index contributed by atoms with van der Waals surface area (Å²) in [5, 5.41) is 2.89. The van der Waals surface area contributed by atoms with Gasteiger partial charge in [0.1, 0.15) is 11.6 Å². The van der Waals surface area contributed by atoms with Crippen LogP contribution >= 0.6 is 0 Å². The van der Waals surface area contributed by atoms with Gasteiger partial charge >= 0.3 is 0 Å². The summed E-state index contributed by atoms with van der Waals surface area (Å²) >= 11 is 0. The molecule has 0 radical (unpaired) electrons. The average molecular weight is 264 g/mol. The van der Waals surface area contributed by atoms with Gasteiger partial charge in [0.15, 0.2) is 0 Å². The molecule has 2 aliphatic rings. The highest BCUT2D eigenvalue weighted by Gasteiger charge is 2.56. The molecule has 1 heterocycles. The number of nitrogens with one attached hydrogen (secondary N) is 1. The van der Waals surface area contributed by atoms with Crippen molar-refractivity contribution in [3.63, 3.8) is 0 Å². The molecule has 1 saturated carbocycles. The molecular weight excluding hydrogens is 240 g/mol. The Bertz CT molecular complexity index is 422.